The van der Waals surface area contributed by atoms with Gasteiger partial charge in [0.05, 0.1) is 0 Å². The van der Waals surface area contributed by atoms with Gasteiger partial charge in [-0.3, -0.25) is 0 Å². The van der Waals surface area contributed by atoms with Gasteiger partial charge in [0.25, 0.3) is 0 Å². The van der Waals surface area contributed by atoms with E-state index in [9.17, 15) is 0 Å². The molecule has 0 spiro atoms. The fraction of sp³-hybridized carbons (Fsp3) is 0.800. The van der Waals surface area contributed by atoms with Gasteiger partial charge in [0.1, 0.15) is 5.51 Å². The summed E-state index contributed by atoms with van der Waals surface area (Å²) in [5.74, 6) is 0.815. The maximum absolute atomic E-state index is 4.13. The van der Waals surface area contributed by atoms with Crippen molar-refractivity contribution in [3.8, 4) is 0 Å². The lowest BCUT2D eigenvalue weighted by molar-refractivity contribution is 0.374. The molecule has 2 rings (SSSR count). The molecule has 1 aliphatic heterocycles. The Labute approximate surface area is 94.7 Å². The lowest BCUT2D eigenvalue weighted by atomic mass is 9.98. The summed E-state index contributed by atoms with van der Waals surface area (Å²) in [5.41, 5.74) is 1.81. The highest BCUT2D eigenvalue weighted by Crippen LogP contribution is 2.20. The van der Waals surface area contributed by atoms with Crippen LogP contribution in [0.2, 0.25) is 0 Å². The third kappa shape index (κ3) is 2.89. The SMILES string of the molecule is CCN(CC1CCNCC1)c1nncs1. The van der Waals surface area contributed by atoms with Crippen LogP contribution in [0, 0.1) is 5.92 Å². The van der Waals surface area contributed by atoms with E-state index >= 15 is 0 Å². The lowest BCUT2D eigenvalue weighted by Crippen LogP contribution is -2.36. The van der Waals surface area contributed by atoms with Gasteiger partial charge in [-0.05, 0) is 38.8 Å². The van der Waals surface area contributed by atoms with Crippen molar-refractivity contribution in [1.29, 1.82) is 0 Å². The summed E-state index contributed by atoms with van der Waals surface area (Å²) in [5, 5.41) is 12.5. The molecule has 2 heterocycles. The molecular formula is C10H18N4S. The van der Waals surface area contributed by atoms with E-state index in [1.54, 1.807) is 16.8 Å². The highest BCUT2D eigenvalue weighted by molar-refractivity contribution is 7.13. The zero-order valence-electron chi connectivity index (χ0n) is 9.15. The predicted octanol–water partition coefficient (Wildman–Crippen LogP) is 1.36. The number of hydrogen-bond donors (Lipinski definition) is 1. The highest BCUT2D eigenvalue weighted by Gasteiger charge is 2.17. The maximum atomic E-state index is 4.13. The standard InChI is InChI=1S/C10H18N4S/c1-2-14(10-13-12-8-15-10)7-9-3-5-11-6-4-9/h8-9,11H,2-7H2,1H3. The second-order valence-electron chi connectivity index (χ2n) is 3.95. The molecule has 0 atom stereocenters. The van der Waals surface area contributed by atoms with E-state index in [2.05, 4.69) is 27.3 Å². The first-order valence-electron chi connectivity index (χ1n) is 5.62. The summed E-state index contributed by atoms with van der Waals surface area (Å²) in [7, 11) is 0. The van der Waals surface area contributed by atoms with Gasteiger partial charge in [-0.2, -0.15) is 0 Å². The third-order valence-electron chi connectivity index (χ3n) is 2.94. The summed E-state index contributed by atoms with van der Waals surface area (Å²) in [6.07, 6.45) is 2.57. The van der Waals surface area contributed by atoms with Crippen molar-refractivity contribution in [3.63, 3.8) is 0 Å². The molecule has 84 valence electrons. The summed E-state index contributed by atoms with van der Waals surface area (Å²) < 4.78 is 0. The van der Waals surface area contributed by atoms with Crippen LogP contribution in [0.25, 0.3) is 0 Å². The predicted molar refractivity (Wildman–Crippen MR) is 63.4 cm³/mol. The van der Waals surface area contributed by atoms with Gasteiger partial charge in [-0.15, -0.1) is 10.2 Å². The van der Waals surface area contributed by atoms with Crippen LogP contribution in [0.3, 0.4) is 0 Å². The molecule has 0 saturated carbocycles. The average molecular weight is 226 g/mol. The topological polar surface area (TPSA) is 41.0 Å². The fourth-order valence-corrected chi connectivity index (χ4v) is 2.66. The Morgan fingerprint density at radius 2 is 2.33 bits per heavy atom. The molecule has 0 bridgehead atoms. The summed E-state index contributed by atoms with van der Waals surface area (Å²) in [6.45, 7) is 6.67. The Balaban J connectivity index is 1.90. The molecule has 5 heteroatoms. The third-order valence-corrected chi connectivity index (χ3v) is 3.69. The van der Waals surface area contributed by atoms with Crippen LogP contribution in [0.5, 0.6) is 0 Å². The summed E-state index contributed by atoms with van der Waals surface area (Å²) in [4.78, 5) is 2.34. The quantitative estimate of drug-likeness (QED) is 0.842. The number of piperidine rings is 1. The second-order valence-corrected chi connectivity index (χ2v) is 4.76. The van der Waals surface area contributed by atoms with Crippen LogP contribution < -0.4 is 10.2 Å². The molecule has 0 radical (unpaired) electrons. The normalized spacial score (nSPS) is 17.9. The first kappa shape index (κ1) is 10.8. The zero-order chi connectivity index (χ0) is 10.5. The Hall–Kier alpha value is -0.680. The van der Waals surface area contributed by atoms with Crippen molar-refractivity contribution in [3.05, 3.63) is 5.51 Å². The van der Waals surface area contributed by atoms with Crippen molar-refractivity contribution < 1.29 is 0 Å². The number of aromatic nitrogens is 2. The number of rotatable bonds is 4. The van der Waals surface area contributed by atoms with Gasteiger partial charge in [0, 0.05) is 13.1 Å². The van der Waals surface area contributed by atoms with Crippen LogP contribution >= 0.6 is 11.3 Å². The minimum absolute atomic E-state index is 0.815. The fourth-order valence-electron chi connectivity index (χ4n) is 2.02. The first-order chi connectivity index (χ1) is 7.40. The number of anilines is 1. The van der Waals surface area contributed by atoms with Gasteiger partial charge in [0.15, 0.2) is 0 Å². The first-order valence-corrected chi connectivity index (χ1v) is 6.50. The van der Waals surface area contributed by atoms with Gasteiger partial charge in [-0.25, -0.2) is 0 Å². The van der Waals surface area contributed by atoms with Crippen LogP contribution in [0.1, 0.15) is 19.8 Å². The lowest BCUT2D eigenvalue weighted by Gasteiger charge is -2.28. The molecule has 1 aromatic heterocycles. The molecule has 1 aliphatic rings. The molecule has 0 amide bonds. The Bertz CT molecular complexity index is 269. The molecule has 1 fully saturated rings. The van der Waals surface area contributed by atoms with Crippen molar-refractivity contribution in [2.75, 3.05) is 31.1 Å². The van der Waals surface area contributed by atoms with E-state index in [1.807, 2.05) is 0 Å². The monoisotopic (exact) mass is 226 g/mol. The molecule has 1 N–H and O–H groups in total. The van der Waals surface area contributed by atoms with Crippen molar-refractivity contribution >= 4 is 16.5 Å². The van der Waals surface area contributed by atoms with E-state index < -0.39 is 0 Å². The van der Waals surface area contributed by atoms with Gasteiger partial charge < -0.3 is 10.2 Å². The van der Waals surface area contributed by atoms with Crippen molar-refractivity contribution in [1.82, 2.24) is 15.5 Å². The largest absolute Gasteiger partial charge is 0.347 e. The van der Waals surface area contributed by atoms with Gasteiger partial charge in [-0.1, -0.05) is 11.3 Å². The molecular weight excluding hydrogens is 208 g/mol. The van der Waals surface area contributed by atoms with Crippen LogP contribution in [0.15, 0.2) is 5.51 Å². The number of nitrogens with zero attached hydrogens (tertiary/aromatic N) is 3. The molecule has 15 heavy (non-hydrogen) atoms. The maximum Gasteiger partial charge on any atom is 0.208 e. The van der Waals surface area contributed by atoms with Crippen LogP contribution in [0.4, 0.5) is 5.13 Å². The van der Waals surface area contributed by atoms with Gasteiger partial charge in [0.2, 0.25) is 5.13 Å². The van der Waals surface area contributed by atoms with Crippen LogP contribution in [-0.4, -0.2) is 36.4 Å². The zero-order valence-corrected chi connectivity index (χ0v) is 9.96. The minimum atomic E-state index is 0.815. The van der Waals surface area contributed by atoms with Crippen molar-refractivity contribution in [2.24, 2.45) is 5.92 Å². The second kappa shape index (κ2) is 5.42. The van der Waals surface area contributed by atoms with E-state index in [-0.39, 0.29) is 0 Å². The molecule has 4 nitrogen and oxygen atoms in total. The van der Waals surface area contributed by atoms with E-state index in [0.29, 0.717) is 0 Å². The summed E-state index contributed by atoms with van der Waals surface area (Å²) >= 11 is 1.63. The molecule has 0 aliphatic carbocycles. The number of nitrogens with one attached hydrogen (secondary N) is 1. The van der Waals surface area contributed by atoms with E-state index in [1.165, 1.54) is 25.9 Å². The highest BCUT2D eigenvalue weighted by atomic mass is 32.1. The van der Waals surface area contributed by atoms with Gasteiger partial charge >= 0.3 is 0 Å². The molecule has 0 aromatic carbocycles. The molecule has 1 saturated heterocycles. The smallest absolute Gasteiger partial charge is 0.208 e. The van der Waals surface area contributed by atoms with Crippen LogP contribution in [-0.2, 0) is 0 Å². The summed E-state index contributed by atoms with van der Waals surface area (Å²) in [6, 6.07) is 0. The van der Waals surface area contributed by atoms with E-state index in [4.69, 9.17) is 0 Å². The Morgan fingerprint density at radius 1 is 1.53 bits per heavy atom. The Morgan fingerprint density at radius 3 is 2.93 bits per heavy atom. The molecule has 0 unspecified atom stereocenters. The minimum Gasteiger partial charge on any atom is -0.347 e. The van der Waals surface area contributed by atoms with Crippen molar-refractivity contribution in [2.45, 2.75) is 19.8 Å². The molecule has 1 aromatic rings. The number of hydrogen-bond acceptors (Lipinski definition) is 5. The Kier molecular flexibility index (Phi) is 3.91. The van der Waals surface area contributed by atoms with E-state index in [0.717, 1.165) is 24.1 Å². The average Bonchev–Trinajstić information content (AvgIpc) is 2.81.